The normalized spacial score (nSPS) is 31.8. The molecule has 0 spiro atoms. The molecule has 1 aliphatic rings. The molecule has 1 nitrogen and oxygen atoms in total. The second kappa shape index (κ2) is 4.99. The Labute approximate surface area is 101 Å². The van der Waals surface area contributed by atoms with Gasteiger partial charge in [0.15, 0.2) is 0 Å². The Bertz CT molecular complexity index is 260. The fourth-order valence-corrected chi connectivity index (χ4v) is 2.70. The summed E-state index contributed by atoms with van der Waals surface area (Å²) in [7, 11) is 0. The molecule has 1 aliphatic carbocycles. The molecular formula is C12H19ClF2O. The van der Waals surface area contributed by atoms with E-state index in [0.29, 0.717) is 12.8 Å². The highest BCUT2D eigenvalue weighted by molar-refractivity contribution is 6.22. The zero-order chi connectivity index (χ0) is 12.5. The lowest BCUT2D eigenvalue weighted by Crippen LogP contribution is -2.38. The molecule has 0 saturated heterocycles. The van der Waals surface area contributed by atoms with Crippen molar-refractivity contribution in [3.63, 3.8) is 0 Å². The average molecular weight is 253 g/mol. The van der Waals surface area contributed by atoms with Crippen molar-refractivity contribution >= 4 is 17.4 Å². The molecule has 3 atom stereocenters. The van der Waals surface area contributed by atoms with Crippen LogP contribution in [0.4, 0.5) is 8.78 Å². The average Bonchev–Trinajstić information content (AvgIpc) is 2.15. The van der Waals surface area contributed by atoms with E-state index in [0.717, 1.165) is 0 Å². The third kappa shape index (κ3) is 3.16. The molecule has 16 heavy (non-hydrogen) atoms. The highest BCUT2D eigenvalue weighted by Gasteiger charge is 2.40. The Morgan fingerprint density at radius 1 is 1.31 bits per heavy atom. The first kappa shape index (κ1) is 13.9. The predicted octanol–water partition coefficient (Wildman–Crippen LogP) is 3.89. The lowest BCUT2D eigenvalue weighted by Gasteiger charge is -2.34. The number of halogens is 3. The topological polar surface area (TPSA) is 17.1 Å². The summed E-state index contributed by atoms with van der Waals surface area (Å²) >= 11 is 6.07. The maximum atomic E-state index is 12.5. The highest BCUT2D eigenvalue weighted by Crippen LogP contribution is 2.39. The van der Waals surface area contributed by atoms with Crippen LogP contribution >= 0.6 is 11.6 Å². The van der Waals surface area contributed by atoms with Crippen molar-refractivity contribution in [3.05, 3.63) is 0 Å². The molecule has 1 saturated carbocycles. The van der Waals surface area contributed by atoms with Crippen molar-refractivity contribution < 1.29 is 13.6 Å². The van der Waals surface area contributed by atoms with E-state index in [2.05, 4.69) is 0 Å². The second-order valence-electron chi connectivity index (χ2n) is 5.64. The first-order valence-electron chi connectivity index (χ1n) is 5.70. The summed E-state index contributed by atoms with van der Waals surface area (Å²) in [5.74, 6) is -0.789. The van der Waals surface area contributed by atoms with Gasteiger partial charge in [0.05, 0.1) is 0 Å². The molecular weight excluding hydrogens is 234 g/mol. The van der Waals surface area contributed by atoms with Crippen molar-refractivity contribution in [2.45, 2.75) is 51.8 Å². The second-order valence-corrected chi connectivity index (χ2v) is 6.20. The van der Waals surface area contributed by atoms with Crippen LogP contribution in [-0.2, 0) is 4.79 Å². The smallest absolute Gasteiger partial charge is 0.241 e. The van der Waals surface area contributed by atoms with Crippen LogP contribution < -0.4 is 0 Å². The van der Waals surface area contributed by atoms with Crippen LogP contribution in [0.2, 0.25) is 0 Å². The first-order valence-corrected chi connectivity index (χ1v) is 6.13. The molecule has 0 radical (unpaired) electrons. The molecule has 1 fully saturated rings. The van der Waals surface area contributed by atoms with Gasteiger partial charge in [0.1, 0.15) is 5.78 Å². The summed E-state index contributed by atoms with van der Waals surface area (Å²) in [5.41, 5.74) is -0.435. The van der Waals surface area contributed by atoms with Crippen molar-refractivity contribution in [2.75, 3.05) is 0 Å². The van der Waals surface area contributed by atoms with Gasteiger partial charge in [-0.25, -0.2) is 8.78 Å². The standard InChI is InChI=1S/C12H19ClF2O/c1-12(2,3)10(16)8-5-4-7(11(14)15)6-9(8)13/h7-9,11H,4-6H2,1-3H3. The molecule has 0 aromatic carbocycles. The molecule has 0 heterocycles. The van der Waals surface area contributed by atoms with Gasteiger partial charge < -0.3 is 0 Å². The van der Waals surface area contributed by atoms with Crippen molar-refractivity contribution in [1.82, 2.24) is 0 Å². The minimum atomic E-state index is -2.31. The lowest BCUT2D eigenvalue weighted by atomic mass is 9.73. The van der Waals surface area contributed by atoms with Crippen LogP contribution in [0.15, 0.2) is 0 Å². The van der Waals surface area contributed by atoms with Crippen LogP contribution in [0.1, 0.15) is 40.0 Å². The van der Waals surface area contributed by atoms with E-state index >= 15 is 0 Å². The van der Waals surface area contributed by atoms with E-state index in [9.17, 15) is 13.6 Å². The molecule has 0 bridgehead atoms. The minimum Gasteiger partial charge on any atom is -0.299 e. The maximum Gasteiger partial charge on any atom is 0.241 e. The number of rotatable bonds is 2. The van der Waals surface area contributed by atoms with E-state index in [1.165, 1.54) is 0 Å². The number of carbonyl (C=O) groups excluding carboxylic acids is 1. The molecule has 1 rings (SSSR count). The molecule has 0 amide bonds. The van der Waals surface area contributed by atoms with E-state index < -0.39 is 23.1 Å². The zero-order valence-electron chi connectivity index (χ0n) is 9.97. The molecule has 0 aliphatic heterocycles. The van der Waals surface area contributed by atoms with Crippen LogP contribution in [0.5, 0.6) is 0 Å². The van der Waals surface area contributed by atoms with E-state index in [1.54, 1.807) is 0 Å². The number of Topliss-reactive ketones (excluding diaryl/α,β-unsaturated/α-hetero) is 1. The SMILES string of the molecule is CC(C)(C)C(=O)C1CCC(C(F)F)CC1Cl. The van der Waals surface area contributed by atoms with Crippen LogP contribution in [0.3, 0.4) is 0 Å². The minimum absolute atomic E-state index is 0.0974. The Morgan fingerprint density at radius 3 is 2.25 bits per heavy atom. The summed E-state index contributed by atoms with van der Waals surface area (Å²) in [6.45, 7) is 5.54. The number of ketones is 1. The van der Waals surface area contributed by atoms with Gasteiger partial charge in [-0.3, -0.25) is 4.79 Å². The van der Waals surface area contributed by atoms with Gasteiger partial charge in [-0.05, 0) is 19.3 Å². The van der Waals surface area contributed by atoms with Crippen molar-refractivity contribution in [3.8, 4) is 0 Å². The summed E-state index contributed by atoms with van der Waals surface area (Å²) < 4.78 is 25.0. The van der Waals surface area contributed by atoms with Crippen molar-refractivity contribution in [2.24, 2.45) is 17.3 Å². The van der Waals surface area contributed by atoms with Gasteiger partial charge in [0.25, 0.3) is 0 Å². The summed E-state index contributed by atoms with van der Waals surface area (Å²) in [6, 6.07) is 0. The predicted molar refractivity (Wildman–Crippen MR) is 60.9 cm³/mol. The van der Waals surface area contributed by atoms with E-state index in [1.807, 2.05) is 20.8 Å². The van der Waals surface area contributed by atoms with E-state index in [-0.39, 0.29) is 18.1 Å². The van der Waals surface area contributed by atoms with Crippen LogP contribution in [0.25, 0.3) is 0 Å². The van der Waals surface area contributed by atoms with Gasteiger partial charge in [0.2, 0.25) is 6.43 Å². The largest absolute Gasteiger partial charge is 0.299 e. The fraction of sp³-hybridized carbons (Fsp3) is 0.917. The monoisotopic (exact) mass is 252 g/mol. The third-order valence-corrected chi connectivity index (χ3v) is 3.73. The van der Waals surface area contributed by atoms with Crippen LogP contribution in [0, 0.1) is 17.3 Å². The molecule has 4 heteroatoms. The Balaban J connectivity index is 2.64. The lowest BCUT2D eigenvalue weighted by molar-refractivity contribution is -0.132. The Kier molecular flexibility index (Phi) is 4.33. The van der Waals surface area contributed by atoms with Gasteiger partial charge in [-0.2, -0.15) is 0 Å². The maximum absolute atomic E-state index is 12.5. The third-order valence-electron chi connectivity index (χ3n) is 3.25. The number of hydrogen-bond donors (Lipinski definition) is 0. The quantitative estimate of drug-likeness (QED) is 0.682. The molecule has 3 unspecified atom stereocenters. The zero-order valence-corrected chi connectivity index (χ0v) is 10.7. The van der Waals surface area contributed by atoms with Gasteiger partial charge in [-0.1, -0.05) is 20.8 Å². The Hall–Kier alpha value is -0.180. The molecule has 0 aromatic rings. The summed E-state index contributed by atoms with van der Waals surface area (Å²) in [4.78, 5) is 12.0. The molecule has 0 aromatic heterocycles. The van der Waals surface area contributed by atoms with Gasteiger partial charge >= 0.3 is 0 Å². The van der Waals surface area contributed by atoms with Gasteiger partial charge in [-0.15, -0.1) is 11.6 Å². The number of hydrogen-bond acceptors (Lipinski definition) is 1. The van der Waals surface area contributed by atoms with Gasteiger partial charge in [0, 0.05) is 22.6 Å². The summed E-state index contributed by atoms with van der Waals surface area (Å²) in [6.07, 6.45) is -1.15. The van der Waals surface area contributed by atoms with Crippen LogP contribution in [-0.4, -0.2) is 17.6 Å². The first-order chi connectivity index (χ1) is 7.23. The molecule has 0 N–H and O–H groups in total. The number of alkyl halides is 3. The van der Waals surface area contributed by atoms with E-state index in [4.69, 9.17) is 11.6 Å². The highest BCUT2D eigenvalue weighted by atomic mass is 35.5. The number of carbonyl (C=O) groups is 1. The Morgan fingerprint density at radius 2 is 1.88 bits per heavy atom. The molecule has 94 valence electrons. The fourth-order valence-electron chi connectivity index (χ4n) is 2.23. The summed E-state index contributed by atoms with van der Waals surface area (Å²) in [5, 5.41) is -0.431. The van der Waals surface area contributed by atoms with Crippen molar-refractivity contribution in [1.29, 1.82) is 0 Å².